The highest BCUT2D eigenvalue weighted by Crippen LogP contribution is 2.41. The lowest BCUT2D eigenvalue weighted by Crippen LogP contribution is -2.06. The molecule has 0 unspecified atom stereocenters. The van der Waals surface area contributed by atoms with Gasteiger partial charge in [-0.2, -0.15) is 9.97 Å². The zero-order chi connectivity index (χ0) is 27.6. The van der Waals surface area contributed by atoms with Crippen molar-refractivity contribution in [1.29, 1.82) is 0 Å². The Kier molecular flexibility index (Phi) is 4.83. The molecule has 9 aromatic rings. The molecule has 5 heteroatoms. The van der Waals surface area contributed by atoms with Gasteiger partial charge in [-0.1, -0.05) is 103 Å². The van der Waals surface area contributed by atoms with Gasteiger partial charge in [0.2, 0.25) is 5.95 Å². The third kappa shape index (κ3) is 3.34. The lowest BCUT2D eigenvalue weighted by atomic mass is 9.99. The van der Waals surface area contributed by atoms with Crippen LogP contribution in [0.3, 0.4) is 0 Å². The van der Waals surface area contributed by atoms with Crippen LogP contribution in [-0.4, -0.2) is 19.5 Å². The van der Waals surface area contributed by atoms with Crippen LogP contribution in [0, 0.1) is 0 Å². The molecule has 0 fully saturated rings. The molecule has 0 saturated heterocycles. The third-order valence-corrected chi connectivity index (χ3v) is 8.06. The number of fused-ring (bicyclic) bond motifs is 9. The van der Waals surface area contributed by atoms with Crippen LogP contribution in [-0.2, 0) is 0 Å². The summed E-state index contributed by atoms with van der Waals surface area (Å²) in [6.07, 6.45) is 0. The van der Waals surface area contributed by atoms with Crippen LogP contribution in [0.2, 0.25) is 0 Å². The fourth-order valence-corrected chi connectivity index (χ4v) is 6.21. The largest absolute Gasteiger partial charge is 0.456 e. The number of benzene rings is 6. The van der Waals surface area contributed by atoms with Crippen molar-refractivity contribution in [1.82, 2.24) is 19.5 Å². The number of hydrogen-bond acceptors (Lipinski definition) is 4. The fraction of sp³-hybridized carbons (Fsp3) is 0. The van der Waals surface area contributed by atoms with Crippen molar-refractivity contribution in [2.75, 3.05) is 0 Å². The lowest BCUT2D eigenvalue weighted by molar-refractivity contribution is 0.669. The molecular formula is C37H22N4O. The molecule has 0 radical (unpaired) electrons. The number of furan rings is 1. The van der Waals surface area contributed by atoms with Gasteiger partial charge >= 0.3 is 0 Å². The first-order valence-corrected chi connectivity index (χ1v) is 14.0. The zero-order valence-electron chi connectivity index (χ0n) is 22.4. The number of hydrogen-bond donors (Lipinski definition) is 0. The van der Waals surface area contributed by atoms with E-state index in [0.717, 1.165) is 49.5 Å². The molecule has 9 rings (SSSR count). The Morgan fingerprint density at radius 2 is 1.00 bits per heavy atom. The molecule has 6 aromatic carbocycles. The van der Waals surface area contributed by atoms with Crippen molar-refractivity contribution in [2.24, 2.45) is 0 Å². The van der Waals surface area contributed by atoms with Crippen molar-refractivity contribution in [3.63, 3.8) is 0 Å². The van der Waals surface area contributed by atoms with E-state index < -0.39 is 0 Å². The number of nitrogens with zero attached hydrogens (tertiary/aromatic N) is 4. The van der Waals surface area contributed by atoms with Gasteiger partial charge in [0.1, 0.15) is 11.2 Å². The second-order valence-corrected chi connectivity index (χ2v) is 10.5. The maximum absolute atomic E-state index is 6.21. The molecule has 0 bridgehead atoms. The standard InChI is InChI=1S/C37H22N4O/c1-3-11-23(12-4-1)35-38-36(24-13-5-2-6-14-24)40-37(39-35)41-29-17-9-7-15-27(29)33-25-20-22-32-34(26(25)19-21-30(33)41)28-16-8-10-18-31(28)42-32/h1-22H. The van der Waals surface area contributed by atoms with Crippen molar-refractivity contribution in [3.8, 4) is 28.7 Å². The van der Waals surface area contributed by atoms with Crippen LogP contribution >= 0.6 is 0 Å². The van der Waals surface area contributed by atoms with Crippen LogP contribution < -0.4 is 0 Å². The Morgan fingerprint density at radius 1 is 0.405 bits per heavy atom. The summed E-state index contributed by atoms with van der Waals surface area (Å²) in [4.78, 5) is 15.0. The van der Waals surface area contributed by atoms with Crippen LogP contribution in [0.1, 0.15) is 0 Å². The molecule has 196 valence electrons. The van der Waals surface area contributed by atoms with Gasteiger partial charge in [0.15, 0.2) is 11.6 Å². The van der Waals surface area contributed by atoms with Gasteiger partial charge in [0.25, 0.3) is 0 Å². The third-order valence-electron chi connectivity index (χ3n) is 8.06. The van der Waals surface area contributed by atoms with E-state index in [0.29, 0.717) is 17.6 Å². The Balaban J connectivity index is 1.39. The van der Waals surface area contributed by atoms with E-state index in [4.69, 9.17) is 19.4 Å². The van der Waals surface area contributed by atoms with Crippen LogP contribution in [0.4, 0.5) is 0 Å². The highest BCUT2D eigenvalue weighted by Gasteiger charge is 2.20. The molecular weight excluding hydrogens is 516 g/mol. The van der Waals surface area contributed by atoms with E-state index in [1.807, 2.05) is 72.8 Å². The van der Waals surface area contributed by atoms with Gasteiger partial charge in [-0.25, -0.2) is 4.98 Å². The molecule has 3 heterocycles. The van der Waals surface area contributed by atoms with Crippen LogP contribution in [0.15, 0.2) is 138 Å². The molecule has 0 aliphatic carbocycles. The van der Waals surface area contributed by atoms with Crippen LogP contribution in [0.25, 0.3) is 83.2 Å². The highest BCUT2D eigenvalue weighted by atomic mass is 16.3. The molecule has 0 saturated carbocycles. The first-order chi connectivity index (χ1) is 20.8. The predicted molar refractivity (Wildman–Crippen MR) is 170 cm³/mol. The Labute approximate surface area is 240 Å². The van der Waals surface area contributed by atoms with Crippen molar-refractivity contribution >= 4 is 54.5 Å². The van der Waals surface area contributed by atoms with Gasteiger partial charge in [-0.05, 0) is 41.1 Å². The quantitative estimate of drug-likeness (QED) is 0.225. The predicted octanol–water partition coefficient (Wildman–Crippen LogP) is 9.36. The number of rotatable bonds is 3. The Hall–Kier alpha value is -5.81. The van der Waals surface area contributed by atoms with Gasteiger partial charge in [-0.15, -0.1) is 0 Å². The summed E-state index contributed by atoms with van der Waals surface area (Å²) in [5, 5.41) is 6.91. The first kappa shape index (κ1) is 22.9. The monoisotopic (exact) mass is 538 g/mol. The van der Waals surface area contributed by atoms with Gasteiger partial charge in [0, 0.05) is 32.7 Å². The SMILES string of the molecule is c1ccc(-c2nc(-c3ccccc3)nc(-n3c4ccccc4c4c5ccc6oc7ccccc7c6c5ccc43)n2)cc1. The zero-order valence-corrected chi connectivity index (χ0v) is 22.4. The summed E-state index contributed by atoms with van der Waals surface area (Å²) >= 11 is 0. The molecule has 42 heavy (non-hydrogen) atoms. The molecule has 0 N–H and O–H groups in total. The summed E-state index contributed by atoms with van der Waals surface area (Å²) < 4.78 is 8.38. The number of para-hydroxylation sites is 2. The van der Waals surface area contributed by atoms with Gasteiger partial charge in [-0.3, -0.25) is 4.57 Å². The summed E-state index contributed by atoms with van der Waals surface area (Å²) in [7, 11) is 0. The second kappa shape index (κ2) is 8.85. The van der Waals surface area contributed by atoms with E-state index in [1.54, 1.807) is 0 Å². The summed E-state index contributed by atoms with van der Waals surface area (Å²) in [6, 6.07) is 45.6. The molecule has 5 nitrogen and oxygen atoms in total. The van der Waals surface area contributed by atoms with E-state index in [1.165, 1.54) is 16.2 Å². The van der Waals surface area contributed by atoms with Crippen LogP contribution in [0.5, 0.6) is 0 Å². The minimum Gasteiger partial charge on any atom is -0.456 e. The normalized spacial score (nSPS) is 11.8. The average molecular weight is 539 g/mol. The van der Waals surface area contributed by atoms with Gasteiger partial charge < -0.3 is 4.42 Å². The molecule has 0 spiro atoms. The molecule has 0 aliphatic heterocycles. The van der Waals surface area contributed by atoms with E-state index in [-0.39, 0.29) is 0 Å². The second-order valence-electron chi connectivity index (χ2n) is 10.5. The number of aromatic nitrogens is 4. The minimum atomic E-state index is 0.586. The Morgan fingerprint density at radius 3 is 1.74 bits per heavy atom. The highest BCUT2D eigenvalue weighted by molar-refractivity contribution is 6.28. The van der Waals surface area contributed by atoms with Crippen molar-refractivity contribution in [3.05, 3.63) is 133 Å². The molecule has 3 aromatic heterocycles. The summed E-state index contributed by atoms with van der Waals surface area (Å²) in [5.74, 6) is 1.86. The smallest absolute Gasteiger partial charge is 0.238 e. The average Bonchev–Trinajstić information content (AvgIpc) is 3.61. The molecule has 0 atom stereocenters. The first-order valence-electron chi connectivity index (χ1n) is 14.0. The van der Waals surface area contributed by atoms with E-state index in [9.17, 15) is 0 Å². The summed E-state index contributed by atoms with van der Waals surface area (Å²) in [6.45, 7) is 0. The molecule has 0 aliphatic rings. The Bertz CT molecular complexity index is 2400. The maximum atomic E-state index is 6.21. The van der Waals surface area contributed by atoms with E-state index in [2.05, 4.69) is 65.2 Å². The van der Waals surface area contributed by atoms with Crippen molar-refractivity contribution < 1.29 is 4.42 Å². The fourth-order valence-electron chi connectivity index (χ4n) is 6.21. The molecule has 0 amide bonds. The van der Waals surface area contributed by atoms with Gasteiger partial charge in [0.05, 0.1) is 11.0 Å². The topological polar surface area (TPSA) is 56.7 Å². The maximum Gasteiger partial charge on any atom is 0.238 e. The lowest BCUT2D eigenvalue weighted by Gasteiger charge is -2.11. The van der Waals surface area contributed by atoms with E-state index >= 15 is 0 Å². The van der Waals surface area contributed by atoms with Crippen molar-refractivity contribution in [2.45, 2.75) is 0 Å². The minimum absolute atomic E-state index is 0.586. The summed E-state index contributed by atoms with van der Waals surface area (Å²) in [5.41, 5.74) is 5.76.